The normalized spacial score (nSPS) is 6.00. The number of hydrogen-bond donors (Lipinski definition) is 0. The fraction of sp³-hybridized carbons (Fsp3) is 0.556. The van der Waals surface area contributed by atoms with E-state index in [0.717, 1.165) is 6.42 Å². The minimum absolute atomic E-state index is 1.08. The maximum atomic E-state index is 3.00. The Hall–Kier alpha value is -0.700. The lowest BCUT2D eigenvalue weighted by Crippen LogP contribution is -1.64. The number of rotatable bonds is 2. The van der Waals surface area contributed by atoms with E-state index in [0.29, 0.717) is 0 Å². The van der Waals surface area contributed by atoms with Gasteiger partial charge in [0.05, 0.1) is 0 Å². The summed E-state index contributed by atoms with van der Waals surface area (Å²) in [7, 11) is 0. The molecular weight excluding hydrogens is 108 g/mol. The van der Waals surface area contributed by atoms with E-state index in [2.05, 4.69) is 31.9 Å². The van der Waals surface area contributed by atoms with Crippen LogP contribution in [0.2, 0.25) is 0 Å². The molecule has 0 heteroatoms. The third-order valence-electron chi connectivity index (χ3n) is 0.832. The first-order valence-electron chi connectivity index (χ1n) is 3.31. The van der Waals surface area contributed by atoms with Gasteiger partial charge in [0.15, 0.2) is 0 Å². The number of unbranched alkanes of at least 4 members (excludes halogenated alkanes) is 2. The van der Waals surface area contributed by atoms with Crippen molar-refractivity contribution in [1.29, 1.82) is 0 Å². The molecule has 52 valence electrons. The lowest BCUT2D eigenvalue weighted by Gasteiger charge is -1.80. The van der Waals surface area contributed by atoms with E-state index in [9.17, 15) is 0 Å². The van der Waals surface area contributed by atoms with Crippen LogP contribution in [-0.2, 0) is 0 Å². The van der Waals surface area contributed by atoms with Crippen LogP contribution in [0.3, 0.4) is 0 Å². The molecule has 0 aromatic rings. The van der Waals surface area contributed by atoms with Crippen LogP contribution < -0.4 is 0 Å². The van der Waals surface area contributed by atoms with Crippen LogP contribution in [0.5, 0.6) is 0 Å². The molecule has 9 heavy (non-hydrogen) atoms. The SMILES string of the molecule is C=C.CC#CCCCC. The van der Waals surface area contributed by atoms with Gasteiger partial charge in [-0.15, -0.1) is 25.0 Å². The van der Waals surface area contributed by atoms with E-state index in [1.807, 2.05) is 6.92 Å². The third kappa shape index (κ3) is 18.8. The van der Waals surface area contributed by atoms with E-state index in [4.69, 9.17) is 0 Å². The molecule has 0 N–H and O–H groups in total. The van der Waals surface area contributed by atoms with Crippen molar-refractivity contribution in [1.82, 2.24) is 0 Å². The lowest BCUT2D eigenvalue weighted by molar-refractivity contribution is 0.828. The molecule has 0 amide bonds. The fourth-order valence-electron chi connectivity index (χ4n) is 0.390. The maximum Gasteiger partial charge on any atom is 0.00884 e. The molecule has 0 bridgehead atoms. The zero-order chi connectivity index (χ0) is 7.54. The second-order valence-corrected chi connectivity index (χ2v) is 1.53. The first-order valence-corrected chi connectivity index (χ1v) is 3.31. The quantitative estimate of drug-likeness (QED) is 0.301. The molecule has 0 aliphatic rings. The summed E-state index contributed by atoms with van der Waals surface area (Å²) >= 11 is 0. The van der Waals surface area contributed by atoms with Crippen molar-refractivity contribution < 1.29 is 0 Å². The molecule has 0 aliphatic carbocycles. The van der Waals surface area contributed by atoms with Crippen molar-refractivity contribution in [3.05, 3.63) is 13.2 Å². The molecule has 0 aliphatic heterocycles. The summed E-state index contributed by atoms with van der Waals surface area (Å²) < 4.78 is 0. The summed E-state index contributed by atoms with van der Waals surface area (Å²) in [5.41, 5.74) is 0. The van der Waals surface area contributed by atoms with E-state index >= 15 is 0 Å². The van der Waals surface area contributed by atoms with Crippen molar-refractivity contribution in [3.8, 4) is 11.8 Å². The second kappa shape index (κ2) is 15.7. The van der Waals surface area contributed by atoms with Crippen LogP contribution >= 0.6 is 0 Å². The molecule has 0 heterocycles. The Morgan fingerprint density at radius 3 is 2.22 bits per heavy atom. The van der Waals surface area contributed by atoms with Crippen LogP contribution in [0.1, 0.15) is 33.1 Å². The zero-order valence-electron chi connectivity index (χ0n) is 6.54. The van der Waals surface area contributed by atoms with Crippen molar-refractivity contribution in [3.63, 3.8) is 0 Å². The Morgan fingerprint density at radius 1 is 1.33 bits per heavy atom. The molecule has 0 fully saturated rings. The topological polar surface area (TPSA) is 0 Å². The van der Waals surface area contributed by atoms with E-state index in [-0.39, 0.29) is 0 Å². The minimum atomic E-state index is 1.08. The predicted molar refractivity (Wildman–Crippen MR) is 44.2 cm³/mol. The van der Waals surface area contributed by atoms with Gasteiger partial charge >= 0.3 is 0 Å². The van der Waals surface area contributed by atoms with Crippen molar-refractivity contribution in [2.45, 2.75) is 33.1 Å². The van der Waals surface area contributed by atoms with Crippen molar-refractivity contribution >= 4 is 0 Å². The number of hydrogen-bond acceptors (Lipinski definition) is 0. The van der Waals surface area contributed by atoms with Crippen LogP contribution in [0.15, 0.2) is 13.2 Å². The molecular formula is C9H16. The fourth-order valence-corrected chi connectivity index (χ4v) is 0.390. The Balaban J connectivity index is 0. The highest BCUT2D eigenvalue weighted by Gasteiger charge is 1.72. The average molecular weight is 124 g/mol. The van der Waals surface area contributed by atoms with Crippen molar-refractivity contribution in [2.75, 3.05) is 0 Å². The predicted octanol–water partition coefficient (Wildman–Crippen LogP) is 3.00. The monoisotopic (exact) mass is 124 g/mol. The molecule has 0 unspecified atom stereocenters. The van der Waals surface area contributed by atoms with Gasteiger partial charge in [-0.3, -0.25) is 0 Å². The van der Waals surface area contributed by atoms with Gasteiger partial charge in [-0.1, -0.05) is 13.3 Å². The van der Waals surface area contributed by atoms with Gasteiger partial charge in [0.25, 0.3) is 0 Å². The van der Waals surface area contributed by atoms with E-state index in [1.165, 1.54) is 12.8 Å². The van der Waals surface area contributed by atoms with Gasteiger partial charge < -0.3 is 0 Å². The lowest BCUT2D eigenvalue weighted by atomic mass is 10.3. The highest BCUT2D eigenvalue weighted by atomic mass is 13.8. The van der Waals surface area contributed by atoms with E-state index in [1.54, 1.807) is 0 Å². The van der Waals surface area contributed by atoms with Crippen LogP contribution in [-0.4, -0.2) is 0 Å². The molecule has 0 spiro atoms. The van der Waals surface area contributed by atoms with Gasteiger partial charge in [-0.2, -0.15) is 0 Å². The highest BCUT2D eigenvalue weighted by Crippen LogP contribution is 1.89. The molecule has 0 aromatic heterocycles. The maximum absolute atomic E-state index is 3.00. The van der Waals surface area contributed by atoms with Gasteiger partial charge in [0.1, 0.15) is 0 Å². The first kappa shape index (κ1) is 11.1. The minimum Gasteiger partial charge on any atom is -0.107 e. The standard InChI is InChI=1S/C7H12.C2H4/c1-3-5-7-6-4-2;1-2/h3,5,7H2,1-2H3;1-2H2. The summed E-state index contributed by atoms with van der Waals surface area (Å²) in [4.78, 5) is 0. The Labute approximate surface area is 59.0 Å². The molecule has 0 nitrogen and oxygen atoms in total. The largest absolute Gasteiger partial charge is 0.107 e. The van der Waals surface area contributed by atoms with Gasteiger partial charge in [-0.25, -0.2) is 0 Å². The Kier molecular flexibility index (Phi) is 19.4. The second-order valence-electron chi connectivity index (χ2n) is 1.53. The Morgan fingerprint density at radius 2 is 1.89 bits per heavy atom. The van der Waals surface area contributed by atoms with Gasteiger partial charge in [0.2, 0.25) is 0 Å². The first-order chi connectivity index (χ1) is 4.41. The Bertz CT molecular complexity index is 81.9. The molecule has 0 rings (SSSR count). The molecule has 0 atom stereocenters. The summed E-state index contributed by atoms with van der Waals surface area (Å²) in [6.07, 6.45) is 3.59. The molecule has 0 saturated carbocycles. The van der Waals surface area contributed by atoms with Gasteiger partial charge in [0, 0.05) is 6.42 Å². The third-order valence-corrected chi connectivity index (χ3v) is 0.832. The molecule has 0 radical (unpaired) electrons. The van der Waals surface area contributed by atoms with Gasteiger partial charge in [-0.05, 0) is 13.3 Å². The van der Waals surface area contributed by atoms with Crippen LogP contribution in [0, 0.1) is 11.8 Å². The smallest absolute Gasteiger partial charge is 0.00884 e. The highest BCUT2D eigenvalue weighted by molar-refractivity contribution is 4.94. The molecule has 0 saturated heterocycles. The molecule has 0 aromatic carbocycles. The van der Waals surface area contributed by atoms with E-state index < -0.39 is 0 Å². The average Bonchev–Trinajstić information content (AvgIpc) is 1.94. The zero-order valence-corrected chi connectivity index (χ0v) is 6.54. The van der Waals surface area contributed by atoms with Crippen LogP contribution in [0.25, 0.3) is 0 Å². The summed E-state index contributed by atoms with van der Waals surface area (Å²) in [6, 6.07) is 0. The van der Waals surface area contributed by atoms with Crippen LogP contribution in [0.4, 0.5) is 0 Å². The summed E-state index contributed by atoms with van der Waals surface area (Å²) in [5.74, 6) is 5.85. The summed E-state index contributed by atoms with van der Waals surface area (Å²) in [5, 5.41) is 0. The summed E-state index contributed by atoms with van der Waals surface area (Å²) in [6.45, 7) is 10.1. The van der Waals surface area contributed by atoms with Crippen molar-refractivity contribution in [2.24, 2.45) is 0 Å².